The molecule has 0 radical (unpaired) electrons. The van der Waals surface area contributed by atoms with Crippen molar-refractivity contribution in [2.24, 2.45) is 0 Å². The van der Waals surface area contributed by atoms with E-state index in [2.05, 4.69) is 34.0 Å². The highest BCUT2D eigenvalue weighted by molar-refractivity contribution is 6.23. The first-order chi connectivity index (χ1) is 20.1. The number of nitrogens with one attached hydrogen (secondary N) is 1. The molecule has 2 saturated heterocycles. The number of alkyl halides is 3. The van der Waals surface area contributed by atoms with Gasteiger partial charge >= 0.3 is 5.38 Å². The number of likely N-dealkylation sites (N-methyl/N-ethyl adjacent to an activating group) is 1. The van der Waals surface area contributed by atoms with Gasteiger partial charge in [-0.15, -0.1) is 0 Å². The van der Waals surface area contributed by atoms with Crippen LogP contribution in [-0.4, -0.2) is 83.4 Å². The Balaban J connectivity index is 1.60. The second-order valence-electron chi connectivity index (χ2n) is 10.6. The van der Waals surface area contributed by atoms with E-state index in [1.807, 2.05) is 9.80 Å². The SMILES string of the molecule is CCN(CC)C1CN(c2nc(N3CCNCC3)c3cnc(-c4cc(O)cc5ccc(F)c(F)c45)c(C(F)(F)Cl)c3n2)C1. The molecule has 0 atom stereocenters. The summed E-state index contributed by atoms with van der Waals surface area (Å²) in [7, 11) is 0. The molecule has 13 heteroatoms. The number of hydrogen-bond acceptors (Lipinski definition) is 8. The van der Waals surface area contributed by atoms with E-state index in [-0.39, 0.29) is 45.0 Å². The Labute approximate surface area is 244 Å². The summed E-state index contributed by atoms with van der Waals surface area (Å²) in [6.07, 6.45) is 1.36. The molecule has 42 heavy (non-hydrogen) atoms. The Morgan fingerprint density at radius 1 is 1.07 bits per heavy atom. The van der Waals surface area contributed by atoms with Crippen molar-refractivity contribution in [1.82, 2.24) is 25.2 Å². The normalized spacial score (nSPS) is 16.6. The van der Waals surface area contributed by atoms with Gasteiger partial charge in [0.1, 0.15) is 11.6 Å². The zero-order valence-corrected chi connectivity index (χ0v) is 23.9. The van der Waals surface area contributed by atoms with Crippen LogP contribution in [0.1, 0.15) is 19.4 Å². The fourth-order valence-corrected chi connectivity index (χ4v) is 6.13. The lowest BCUT2D eigenvalue weighted by Crippen LogP contribution is -2.60. The molecule has 8 nitrogen and oxygen atoms in total. The molecule has 0 bridgehead atoms. The average molecular weight is 604 g/mol. The van der Waals surface area contributed by atoms with Crippen molar-refractivity contribution in [3.8, 4) is 17.0 Å². The van der Waals surface area contributed by atoms with Crippen molar-refractivity contribution < 1.29 is 22.7 Å². The summed E-state index contributed by atoms with van der Waals surface area (Å²) in [4.78, 5) is 20.0. The maximum atomic E-state index is 15.5. The van der Waals surface area contributed by atoms with Crippen molar-refractivity contribution in [2.75, 3.05) is 62.2 Å². The molecule has 0 unspecified atom stereocenters. The number of phenols is 1. The number of benzene rings is 2. The third-order valence-electron chi connectivity index (χ3n) is 8.13. The number of pyridine rings is 1. The highest BCUT2D eigenvalue weighted by atomic mass is 35.5. The zero-order chi connectivity index (χ0) is 29.8. The van der Waals surface area contributed by atoms with Gasteiger partial charge in [0.2, 0.25) is 5.95 Å². The van der Waals surface area contributed by atoms with Crippen molar-refractivity contribution in [3.05, 3.63) is 47.7 Å². The summed E-state index contributed by atoms with van der Waals surface area (Å²) in [5.41, 5.74) is -1.54. The summed E-state index contributed by atoms with van der Waals surface area (Å²) in [5.74, 6) is -2.03. The zero-order valence-electron chi connectivity index (χ0n) is 23.1. The number of anilines is 2. The Morgan fingerprint density at radius 3 is 2.45 bits per heavy atom. The van der Waals surface area contributed by atoms with E-state index >= 15 is 13.2 Å². The molecule has 2 fully saturated rings. The molecule has 4 aromatic rings. The Morgan fingerprint density at radius 2 is 1.79 bits per heavy atom. The summed E-state index contributed by atoms with van der Waals surface area (Å²) < 4.78 is 60.4. The first-order valence-corrected chi connectivity index (χ1v) is 14.3. The Hall–Kier alpha value is -3.48. The minimum atomic E-state index is -4.01. The molecule has 2 aromatic heterocycles. The molecular weight excluding hydrogens is 574 g/mol. The smallest absolute Gasteiger partial charge is 0.352 e. The van der Waals surface area contributed by atoms with E-state index in [0.717, 1.165) is 25.2 Å². The van der Waals surface area contributed by atoms with Gasteiger partial charge in [-0.25, -0.2) is 13.8 Å². The molecule has 2 aliphatic heterocycles. The van der Waals surface area contributed by atoms with Crippen molar-refractivity contribution in [1.29, 1.82) is 0 Å². The first-order valence-electron chi connectivity index (χ1n) is 13.9. The number of aromatic hydroxyl groups is 1. The van der Waals surface area contributed by atoms with Gasteiger partial charge in [-0.05, 0) is 48.3 Å². The van der Waals surface area contributed by atoms with Crippen LogP contribution in [0.5, 0.6) is 5.75 Å². The number of fused-ring (bicyclic) bond motifs is 2. The molecule has 222 valence electrons. The van der Waals surface area contributed by atoms with Gasteiger partial charge in [0.25, 0.3) is 0 Å². The van der Waals surface area contributed by atoms with Crippen molar-refractivity contribution >= 4 is 45.0 Å². The minimum Gasteiger partial charge on any atom is -0.508 e. The number of nitrogens with zero attached hydrogens (tertiary/aromatic N) is 6. The number of aromatic nitrogens is 3. The van der Waals surface area contributed by atoms with Crippen LogP contribution >= 0.6 is 11.6 Å². The van der Waals surface area contributed by atoms with Crippen LogP contribution in [-0.2, 0) is 5.38 Å². The fourth-order valence-electron chi connectivity index (χ4n) is 5.95. The van der Waals surface area contributed by atoms with E-state index in [1.165, 1.54) is 18.3 Å². The number of piperazine rings is 1. The molecular formula is C29H30ClF4N7O. The second-order valence-corrected chi connectivity index (χ2v) is 11.0. The molecule has 0 amide bonds. The monoisotopic (exact) mass is 603 g/mol. The van der Waals surface area contributed by atoms with Crippen LogP contribution in [0.4, 0.5) is 29.3 Å². The lowest BCUT2D eigenvalue weighted by molar-refractivity contribution is 0.0969. The average Bonchev–Trinajstić information content (AvgIpc) is 2.95. The van der Waals surface area contributed by atoms with Gasteiger partial charge in [-0.1, -0.05) is 19.9 Å². The standard InChI is InChI=1S/C29H30ClF4N7O/c1-3-39(4-2)17-14-41(15-17)28-37-26-20(27(38-28)40-9-7-35-8-10-40)13-36-25(23(26)29(30,33)34)19-12-18(42)11-16-5-6-21(31)24(32)22(16)19/h5-6,11-13,17,35,42H,3-4,7-10,14-15H2,1-2H3. The van der Waals surface area contributed by atoms with Gasteiger partial charge in [0.15, 0.2) is 11.6 Å². The molecule has 0 spiro atoms. The number of hydrogen-bond donors (Lipinski definition) is 2. The van der Waals surface area contributed by atoms with Crippen molar-refractivity contribution in [3.63, 3.8) is 0 Å². The summed E-state index contributed by atoms with van der Waals surface area (Å²) in [5, 5.41) is 9.75. The van der Waals surface area contributed by atoms with Gasteiger partial charge in [-0.3, -0.25) is 9.88 Å². The summed E-state index contributed by atoms with van der Waals surface area (Å²) in [6, 6.07) is 4.74. The van der Waals surface area contributed by atoms with E-state index in [4.69, 9.17) is 16.6 Å². The predicted molar refractivity (Wildman–Crippen MR) is 156 cm³/mol. The quantitative estimate of drug-likeness (QED) is 0.224. The van der Waals surface area contributed by atoms with Gasteiger partial charge in [0, 0.05) is 62.5 Å². The van der Waals surface area contributed by atoms with Gasteiger partial charge in [0.05, 0.1) is 22.2 Å². The maximum Gasteiger partial charge on any atom is 0.352 e. The predicted octanol–water partition coefficient (Wildman–Crippen LogP) is 5.06. The third kappa shape index (κ3) is 4.95. The maximum absolute atomic E-state index is 15.5. The van der Waals surface area contributed by atoms with Crippen LogP contribution in [0, 0.1) is 11.6 Å². The number of rotatable bonds is 7. The van der Waals surface area contributed by atoms with Gasteiger partial charge in [-0.2, -0.15) is 13.8 Å². The molecule has 6 rings (SSSR count). The Bertz CT molecular complexity index is 1650. The third-order valence-corrected chi connectivity index (χ3v) is 8.32. The summed E-state index contributed by atoms with van der Waals surface area (Å²) in [6.45, 7) is 9.72. The van der Waals surface area contributed by atoms with E-state index < -0.39 is 28.3 Å². The molecule has 2 aliphatic rings. The summed E-state index contributed by atoms with van der Waals surface area (Å²) >= 11 is 5.77. The Kier molecular flexibility index (Phi) is 7.48. The fraction of sp³-hybridized carbons (Fsp3) is 0.414. The van der Waals surface area contributed by atoms with Crippen LogP contribution in [0.3, 0.4) is 0 Å². The number of halogens is 5. The molecule has 4 heterocycles. The minimum absolute atomic E-state index is 0.113. The highest BCUT2D eigenvalue weighted by Crippen LogP contribution is 2.46. The highest BCUT2D eigenvalue weighted by Gasteiger charge is 2.39. The van der Waals surface area contributed by atoms with Crippen LogP contribution in [0.25, 0.3) is 32.9 Å². The van der Waals surface area contributed by atoms with E-state index in [1.54, 1.807) is 0 Å². The lowest BCUT2D eigenvalue weighted by atomic mass is 9.96. The lowest BCUT2D eigenvalue weighted by Gasteiger charge is -2.45. The van der Waals surface area contributed by atoms with Crippen LogP contribution in [0.15, 0.2) is 30.5 Å². The van der Waals surface area contributed by atoms with E-state index in [0.29, 0.717) is 45.1 Å². The number of phenolic OH excluding ortho intramolecular Hbond substituents is 1. The first kappa shape index (κ1) is 28.6. The second kappa shape index (κ2) is 11.0. The van der Waals surface area contributed by atoms with Crippen LogP contribution < -0.4 is 15.1 Å². The molecule has 0 aliphatic carbocycles. The van der Waals surface area contributed by atoms with E-state index in [9.17, 15) is 9.50 Å². The van der Waals surface area contributed by atoms with Crippen molar-refractivity contribution in [2.45, 2.75) is 25.3 Å². The molecule has 0 saturated carbocycles. The largest absolute Gasteiger partial charge is 0.508 e. The molecule has 2 aromatic carbocycles. The van der Waals surface area contributed by atoms with Crippen LogP contribution in [0.2, 0.25) is 0 Å². The van der Waals surface area contributed by atoms with Gasteiger partial charge < -0.3 is 20.2 Å². The topological polar surface area (TPSA) is 80.7 Å². The molecule has 2 N–H and O–H groups in total.